The monoisotopic (exact) mass is 398 g/mol. The number of rotatable bonds is 6. The minimum atomic E-state index is -0.301. The van der Waals surface area contributed by atoms with Crippen LogP contribution in [0, 0.1) is 5.82 Å². The summed E-state index contributed by atoms with van der Waals surface area (Å²) < 4.78 is 13.2. The molecule has 0 bridgehead atoms. The third-order valence-corrected chi connectivity index (χ3v) is 5.73. The van der Waals surface area contributed by atoms with Crippen molar-refractivity contribution in [2.45, 2.75) is 32.0 Å². The molecule has 1 heterocycles. The molecule has 7 heteroatoms. The van der Waals surface area contributed by atoms with Crippen molar-refractivity contribution in [3.05, 3.63) is 71.0 Å². The molecule has 1 saturated heterocycles. The molecule has 0 unspecified atom stereocenters. The minimum absolute atomic E-state index is 0.0953. The first-order valence-electron chi connectivity index (χ1n) is 9.13. The third kappa shape index (κ3) is 4.09. The van der Waals surface area contributed by atoms with Gasteiger partial charge in [0.25, 0.3) is 11.1 Å². The lowest BCUT2D eigenvalue weighted by Gasteiger charge is -2.23. The van der Waals surface area contributed by atoms with Crippen molar-refractivity contribution in [2.24, 2.45) is 0 Å². The van der Waals surface area contributed by atoms with Crippen LogP contribution in [0.1, 0.15) is 34.3 Å². The van der Waals surface area contributed by atoms with Crippen molar-refractivity contribution < 1.29 is 18.8 Å². The summed E-state index contributed by atoms with van der Waals surface area (Å²) in [5, 5.41) is -0.252. The number of imide groups is 1. The molecule has 4 rings (SSSR count). The van der Waals surface area contributed by atoms with Gasteiger partial charge in [-0.2, -0.15) is 0 Å². The number of carbonyl (C=O) groups is 3. The molecule has 0 N–H and O–H groups in total. The zero-order valence-electron chi connectivity index (χ0n) is 15.1. The van der Waals surface area contributed by atoms with Gasteiger partial charge in [-0.05, 0) is 48.2 Å². The second-order valence-electron chi connectivity index (χ2n) is 7.03. The first kappa shape index (κ1) is 18.7. The van der Waals surface area contributed by atoms with Crippen LogP contribution in [0.15, 0.2) is 48.5 Å². The number of carbonyl (C=O) groups excluding carboxylic acids is 3. The molecular weight excluding hydrogens is 379 g/mol. The fraction of sp³-hybridized carbons (Fsp3) is 0.286. The highest BCUT2D eigenvalue weighted by Crippen LogP contribution is 2.30. The van der Waals surface area contributed by atoms with Crippen LogP contribution >= 0.6 is 11.8 Å². The van der Waals surface area contributed by atoms with E-state index in [1.807, 2.05) is 11.0 Å². The molecule has 1 aliphatic heterocycles. The number of hydrogen-bond acceptors (Lipinski definition) is 4. The maximum absolute atomic E-state index is 13.2. The van der Waals surface area contributed by atoms with Gasteiger partial charge in [-0.25, -0.2) is 4.39 Å². The summed E-state index contributed by atoms with van der Waals surface area (Å²) in [6, 6.07) is 13.4. The largest absolute Gasteiger partial charge is 0.331 e. The second-order valence-corrected chi connectivity index (χ2v) is 7.95. The van der Waals surface area contributed by atoms with Crippen molar-refractivity contribution >= 4 is 28.8 Å². The number of benzene rings is 2. The molecule has 0 atom stereocenters. The van der Waals surface area contributed by atoms with Crippen LogP contribution in [0.3, 0.4) is 0 Å². The molecule has 1 aliphatic carbocycles. The molecule has 144 valence electrons. The standard InChI is InChI=1S/C21H19FN2O3S/c22-17-6-4-14(5-7-17)11-23(18-8-9-18)20(26)16-3-1-2-15(10-16)12-24-19(25)13-28-21(24)27/h1-7,10,18H,8-9,11-13H2. The van der Waals surface area contributed by atoms with Crippen LogP contribution in [0.2, 0.25) is 0 Å². The SMILES string of the molecule is O=C1CSC(=O)N1Cc1cccc(C(=O)N(Cc2ccc(F)cc2)C2CC2)c1. The molecule has 2 aromatic carbocycles. The smallest absolute Gasteiger partial charge is 0.289 e. The van der Waals surface area contributed by atoms with Crippen molar-refractivity contribution in [1.29, 1.82) is 0 Å². The number of halogens is 1. The predicted octanol–water partition coefficient (Wildman–Crippen LogP) is 3.83. The normalized spacial score (nSPS) is 16.5. The van der Waals surface area contributed by atoms with E-state index < -0.39 is 0 Å². The van der Waals surface area contributed by atoms with Crippen LogP contribution in [-0.2, 0) is 17.9 Å². The molecule has 3 amide bonds. The maximum Gasteiger partial charge on any atom is 0.289 e. The number of thioether (sulfide) groups is 1. The van der Waals surface area contributed by atoms with E-state index in [9.17, 15) is 18.8 Å². The first-order chi connectivity index (χ1) is 13.5. The Balaban J connectivity index is 1.51. The lowest BCUT2D eigenvalue weighted by atomic mass is 10.1. The minimum Gasteiger partial charge on any atom is -0.331 e. The van der Waals surface area contributed by atoms with Gasteiger partial charge in [0.1, 0.15) is 5.82 Å². The summed E-state index contributed by atoms with van der Waals surface area (Å²) in [6.45, 7) is 0.598. The molecule has 5 nitrogen and oxygen atoms in total. The summed E-state index contributed by atoms with van der Waals surface area (Å²) in [4.78, 5) is 39.8. The van der Waals surface area contributed by atoms with E-state index >= 15 is 0 Å². The van der Waals surface area contributed by atoms with Crippen LogP contribution < -0.4 is 0 Å². The van der Waals surface area contributed by atoms with Gasteiger partial charge in [0.05, 0.1) is 12.3 Å². The van der Waals surface area contributed by atoms with E-state index in [1.165, 1.54) is 17.0 Å². The summed E-state index contributed by atoms with van der Waals surface area (Å²) in [6.07, 6.45) is 1.92. The van der Waals surface area contributed by atoms with Gasteiger partial charge in [-0.3, -0.25) is 19.3 Å². The number of nitrogens with zero attached hydrogens (tertiary/aromatic N) is 2. The summed E-state index contributed by atoms with van der Waals surface area (Å²) in [5.41, 5.74) is 2.15. The van der Waals surface area contributed by atoms with Gasteiger partial charge in [0.2, 0.25) is 5.91 Å². The van der Waals surface area contributed by atoms with E-state index in [1.54, 1.807) is 30.3 Å². The Bertz CT molecular complexity index is 912. The topological polar surface area (TPSA) is 57.7 Å². The fourth-order valence-electron chi connectivity index (χ4n) is 3.22. The summed E-state index contributed by atoms with van der Waals surface area (Å²) >= 11 is 0.998. The van der Waals surface area contributed by atoms with Crippen LogP contribution in [0.4, 0.5) is 9.18 Å². The lowest BCUT2D eigenvalue weighted by Crippen LogP contribution is -2.33. The van der Waals surface area contributed by atoms with E-state index in [-0.39, 0.29) is 41.2 Å². The average Bonchev–Trinajstić information content (AvgIpc) is 3.49. The molecule has 0 radical (unpaired) electrons. The second kappa shape index (κ2) is 7.75. The summed E-state index contributed by atoms with van der Waals surface area (Å²) in [5.74, 6) is -0.431. The van der Waals surface area contributed by atoms with Gasteiger partial charge in [-0.1, -0.05) is 36.0 Å². The molecule has 1 saturated carbocycles. The van der Waals surface area contributed by atoms with Gasteiger partial charge < -0.3 is 4.90 Å². The van der Waals surface area contributed by atoms with E-state index in [0.717, 1.165) is 35.7 Å². The van der Waals surface area contributed by atoms with Gasteiger partial charge in [0.15, 0.2) is 0 Å². The third-order valence-electron chi connectivity index (χ3n) is 4.87. The Morgan fingerprint density at radius 3 is 2.50 bits per heavy atom. The lowest BCUT2D eigenvalue weighted by molar-refractivity contribution is -0.125. The Hall–Kier alpha value is -2.67. The van der Waals surface area contributed by atoms with E-state index in [2.05, 4.69) is 0 Å². The molecular formula is C21H19FN2O3S. The highest BCUT2D eigenvalue weighted by Gasteiger charge is 2.33. The van der Waals surface area contributed by atoms with Crippen molar-refractivity contribution in [3.63, 3.8) is 0 Å². The molecule has 2 aliphatic rings. The first-order valence-corrected chi connectivity index (χ1v) is 10.1. The Morgan fingerprint density at radius 1 is 1.11 bits per heavy atom. The fourth-order valence-corrected chi connectivity index (χ4v) is 3.95. The van der Waals surface area contributed by atoms with Gasteiger partial charge >= 0.3 is 0 Å². The van der Waals surface area contributed by atoms with Crippen molar-refractivity contribution in [2.75, 3.05) is 5.75 Å². The average molecular weight is 398 g/mol. The molecule has 2 aromatic rings. The number of amides is 3. The molecule has 0 aromatic heterocycles. The molecule has 2 fully saturated rings. The summed E-state index contributed by atoms with van der Waals surface area (Å²) in [7, 11) is 0. The van der Waals surface area contributed by atoms with Crippen molar-refractivity contribution in [3.8, 4) is 0 Å². The Kier molecular flexibility index (Phi) is 5.17. The van der Waals surface area contributed by atoms with Gasteiger partial charge in [0, 0.05) is 18.2 Å². The van der Waals surface area contributed by atoms with Crippen LogP contribution in [-0.4, -0.2) is 38.6 Å². The maximum atomic E-state index is 13.2. The predicted molar refractivity (Wildman–Crippen MR) is 104 cm³/mol. The Morgan fingerprint density at radius 2 is 1.86 bits per heavy atom. The zero-order chi connectivity index (χ0) is 19.7. The molecule has 28 heavy (non-hydrogen) atoms. The number of hydrogen-bond donors (Lipinski definition) is 0. The van der Waals surface area contributed by atoms with Crippen LogP contribution in [0.5, 0.6) is 0 Å². The Labute approximate surface area is 166 Å². The van der Waals surface area contributed by atoms with E-state index in [0.29, 0.717) is 12.1 Å². The van der Waals surface area contributed by atoms with Crippen molar-refractivity contribution in [1.82, 2.24) is 9.80 Å². The quantitative estimate of drug-likeness (QED) is 0.742. The molecule has 0 spiro atoms. The highest BCUT2D eigenvalue weighted by atomic mass is 32.2. The van der Waals surface area contributed by atoms with Crippen LogP contribution in [0.25, 0.3) is 0 Å². The van der Waals surface area contributed by atoms with E-state index in [4.69, 9.17) is 0 Å². The highest BCUT2D eigenvalue weighted by molar-refractivity contribution is 8.14. The van der Waals surface area contributed by atoms with Gasteiger partial charge in [-0.15, -0.1) is 0 Å². The zero-order valence-corrected chi connectivity index (χ0v) is 16.0.